The minimum atomic E-state index is -1.64. The fourth-order valence-electron chi connectivity index (χ4n) is 1.00. The second kappa shape index (κ2) is 3.88. The van der Waals surface area contributed by atoms with Crippen molar-refractivity contribution >= 4 is 5.90 Å². The molecular formula is C6H11NO6. The molecule has 1 saturated heterocycles. The van der Waals surface area contributed by atoms with Gasteiger partial charge < -0.3 is 30.4 Å². The second-order valence-electron chi connectivity index (χ2n) is 2.74. The molecule has 0 spiro atoms. The van der Waals surface area contributed by atoms with Gasteiger partial charge in [0.15, 0.2) is 6.10 Å². The van der Waals surface area contributed by atoms with Crippen LogP contribution in [0.4, 0.5) is 0 Å². The van der Waals surface area contributed by atoms with Crippen molar-refractivity contribution in [3.63, 3.8) is 0 Å². The molecule has 13 heavy (non-hydrogen) atoms. The van der Waals surface area contributed by atoms with Gasteiger partial charge in [-0.25, -0.2) is 0 Å². The molecule has 1 heterocycles. The molecule has 1 aliphatic heterocycles. The molecule has 7 nitrogen and oxygen atoms in total. The summed E-state index contributed by atoms with van der Waals surface area (Å²) >= 11 is 0. The number of aliphatic hydroxyl groups excluding tert-OH is 4. The maximum atomic E-state index is 9.17. The summed E-state index contributed by atoms with van der Waals surface area (Å²) in [7, 11) is 0. The van der Waals surface area contributed by atoms with Crippen LogP contribution in [0.25, 0.3) is 0 Å². The van der Waals surface area contributed by atoms with Gasteiger partial charge in [-0.3, -0.25) is 0 Å². The molecule has 76 valence electrons. The molecule has 0 aliphatic carbocycles. The van der Waals surface area contributed by atoms with Crippen LogP contribution < -0.4 is 0 Å². The second-order valence-corrected chi connectivity index (χ2v) is 2.74. The largest absolute Gasteiger partial charge is 0.474 e. The molecule has 0 unspecified atom stereocenters. The van der Waals surface area contributed by atoms with Crippen LogP contribution in [0, 0.1) is 0 Å². The lowest BCUT2D eigenvalue weighted by Crippen LogP contribution is -2.44. The number of aliphatic hydroxyl groups is 4. The molecule has 0 aromatic heterocycles. The molecule has 0 bridgehead atoms. The van der Waals surface area contributed by atoms with Crippen LogP contribution in [-0.2, 0) is 4.74 Å². The van der Waals surface area contributed by atoms with Gasteiger partial charge in [0.2, 0.25) is 0 Å². The van der Waals surface area contributed by atoms with Gasteiger partial charge in [-0.1, -0.05) is 5.16 Å². The van der Waals surface area contributed by atoms with E-state index in [0.29, 0.717) is 0 Å². The van der Waals surface area contributed by atoms with Crippen LogP contribution in [0.15, 0.2) is 5.16 Å². The van der Waals surface area contributed by atoms with Crippen LogP contribution in [0.1, 0.15) is 0 Å². The normalized spacial score (nSPS) is 44.2. The highest BCUT2D eigenvalue weighted by molar-refractivity contribution is 5.81. The third-order valence-corrected chi connectivity index (χ3v) is 1.82. The quantitative estimate of drug-likeness (QED) is 0.210. The van der Waals surface area contributed by atoms with E-state index in [4.69, 9.17) is 25.6 Å². The Hall–Kier alpha value is -0.890. The minimum Gasteiger partial charge on any atom is -0.474 e. The summed E-state index contributed by atoms with van der Waals surface area (Å²) in [5.74, 6) is -0.525. The first kappa shape index (κ1) is 10.2. The highest BCUT2D eigenvalue weighted by Crippen LogP contribution is 2.12. The fourth-order valence-corrected chi connectivity index (χ4v) is 1.00. The number of nitrogens with zero attached hydrogens (tertiary/aromatic N) is 1. The van der Waals surface area contributed by atoms with Gasteiger partial charge in [0, 0.05) is 0 Å². The third-order valence-electron chi connectivity index (χ3n) is 1.82. The van der Waals surface area contributed by atoms with Crippen LogP contribution in [0.3, 0.4) is 0 Å². The van der Waals surface area contributed by atoms with Gasteiger partial charge in [0.05, 0.1) is 0 Å². The van der Waals surface area contributed by atoms with E-state index in [1.165, 1.54) is 0 Å². The molecule has 1 aliphatic rings. The average Bonchev–Trinajstić information content (AvgIpc) is 2.22. The van der Waals surface area contributed by atoms with Gasteiger partial charge >= 0.3 is 0 Å². The molecule has 1 rings (SSSR count). The molecule has 0 saturated carbocycles. The number of ether oxygens (including phenoxy) is 1. The predicted molar refractivity (Wildman–Crippen MR) is 39.2 cm³/mol. The van der Waals surface area contributed by atoms with Crippen molar-refractivity contribution in [1.82, 2.24) is 0 Å². The van der Waals surface area contributed by atoms with Gasteiger partial charge in [-0.05, 0) is 0 Å². The average molecular weight is 193 g/mol. The van der Waals surface area contributed by atoms with E-state index in [1.807, 2.05) is 0 Å². The van der Waals surface area contributed by atoms with Crippen LogP contribution in [-0.4, -0.2) is 62.6 Å². The van der Waals surface area contributed by atoms with Gasteiger partial charge in [0.25, 0.3) is 5.90 Å². The Morgan fingerprint density at radius 2 is 1.77 bits per heavy atom. The first-order chi connectivity index (χ1) is 6.07. The van der Waals surface area contributed by atoms with E-state index in [1.54, 1.807) is 0 Å². The minimum absolute atomic E-state index is 0.352. The van der Waals surface area contributed by atoms with Crippen LogP contribution >= 0.6 is 0 Å². The van der Waals surface area contributed by atoms with Crippen molar-refractivity contribution in [3.05, 3.63) is 0 Å². The smallest absolute Gasteiger partial charge is 0.257 e. The summed E-state index contributed by atoms with van der Waals surface area (Å²) < 4.78 is 4.60. The maximum Gasteiger partial charge on any atom is 0.257 e. The predicted octanol–water partition coefficient (Wildman–Crippen LogP) is -2.75. The number of hydrogen-bond donors (Lipinski definition) is 5. The summed E-state index contributed by atoms with van der Waals surface area (Å²) in [6.45, 7) is -0.352. The standard InChI is InChI=1S/C6H11NO6/c8-2-1-13-6(7-12)5(11)4(10)3(2)9/h2-5,8-12H,1H2/t2-,3-,4+,5-/m1/s1. The van der Waals surface area contributed by atoms with Crippen molar-refractivity contribution < 1.29 is 30.4 Å². The van der Waals surface area contributed by atoms with E-state index < -0.39 is 30.3 Å². The molecule has 1 fully saturated rings. The molecule has 0 aromatic carbocycles. The Bertz CT molecular complexity index is 207. The van der Waals surface area contributed by atoms with Crippen LogP contribution in [0.2, 0.25) is 0 Å². The topological polar surface area (TPSA) is 123 Å². The Kier molecular flexibility index (Phi) is 3.04. The SMILES string of the molecule is ON=C1OC[C@@H](O)[C@@H](O)[C@H](O)[C@H]1O. The van der Waals surface area contributed by atoms with Crippen molar-refractivity contribution in [2.45, 2.75) is 24.4 Å². The summed E-state index contributed by atoms with van der Waals surface area (Å²) in [5.41, 5.74) is 0. The summed E-state index contributed by atoms with van der Waals surface area (Å²) in [6, 6.07) is 0. The molecule has 7 heteroatoms. The summed E-state index contributed by atoms with van der Waals surface area (Å²) in [5, 5.41) is 47.4. The van der Waals surface area contributed by atoms with E-state index in [9.17, 15) is 0 Å². The summed E-state index contributed by atoms with van der Waals surface area (Å²) in [6.07, 6.45) is -6.14. The lowest BCUT2D eigenvalue weighted by molar-refractivity contribution is -0.0846. The first-order valence-corrected chi connectivity index (χ1v) is 3.65. The van der Waals surface area contributed by atoms with Crippen molar-refractivity contribution in [2.75, 3.05) is 6.61 Å². The molecular weight excluding hydrogens is 182 g/mol. The maximum absolute atomic E-state index is 9.17. The molecule has 4 atom stereocenters. The lowest BCUT2D eigenvalue weighted by Gasteiger charge is -2.19. The highest BCUT2D eigenvalue weighted by atomic mass is 16.5. The van der Waals surface area contributed by atoms with E-state index >= 15 is 0 Å². The zero-order chi connectivity index (χ0) is 10.0. The Morgan fingerprint density at radius 3 is 2.31 bits per heavy atom. The van der Waals surface area contributed by atoms with E-state index in [0.717, 1.165) is 0 Å². The number of hydrogen-bond acceptors (Lipinski definition) is 7. The Balaban J connectivity index is 2.82. The molecule has 0 amide bonds. The number of oxime groups is 1. The van der Waals surface area contributed by atoms with E-state index in [-0.39, 0.29) is 6.61 Å². The highest BCUT2D eigenvalue weighted by Gasteiger charge is 2.38. The zero-order valence-corrected chi connectivity index (χ0v) is 6.61. The van der Waals surface area contributed by atoms with E-state index in [2.05, 4.69) is 9.89 Å². The molecule has 5 N–H and O–H groups in total. The summed E-state index contributed by atoms with van der Waals surface area (Å²) in [4.78, 5) is 0. The monoisotopic (exact) mass is 193 g/mol. The van der Waals surface area contributed by atoms with Gasteiger partial charge in [-0.15, -0.1) is 0 Å². The Labute approximate surface area is 73.5 Å². The molecule has 0 radical (unpaired) electrons. The fraction of sp³-hybridized carbons (Fsp3) is 0.833. The van der Waals surface area contributed by atoms with Gasteiger partial charge in [-0.2, -0.15) is 0 Å². The van der Waals surface area contributed by atoms with Crippen molar-refractivity contribution in [2.24, 2.45) is 5.16 Å². The zero-order valence-electron chi connectivity index (χ0n) is 6.61. The number of rotatable bonds is 0. The third kappa shape index (κ3) is 1.89. The van der Waals surface area contributed by atoms with Crippen molar-refractivity contribution in [3.8, 4) is 0 Å². The van der Waals surface area contributed by atoms with Crippen LogP contribution in [0.5, 0.6) is 0 Å². The first-order valence-electron chi connectivity index (χ1n) is 3.65. The Morgan fingerprint density at radius 1 is 1.15 bits per heavy atom. The molecule has 0 aromatic rings. The van der Waals surface area contributed by atoms with Gasteiger partial charge in [0.1, 0.15) is 24.9 Å². The lowest BCUT2D eigenvalue weighted by atomic mass is 10.1. The van der Waals surface area contributed by atoms with Crippen molar-refractivity contribution in [1.29, 1.82) is 0 Å².